The molecule has 1 fully saturated rings. The van der Waals surface area contributed by atoms with Gasteiger partial charge in [0.2, 0.25) is 0 Å². The summed E-state index contributed by atoms with van der Waals surface area (Å²) in [7, 11) is 0. The van der Waals surface area contributed by atoms with Crippen molar-refractivity contribution in [1.29, 1.82) is 0 Å². The highest BCUT2D eigenvalue weighted by Crippen LogP contribution is 2.22. The minimum Gasteiger partial charge on any atom is -0.350 e. The average Bonchev–Trinajstić information content (AvgIpc) is 2.53. The molecule has 0 aromatic heterocycles. The van der Waals surface area contributed by atoms with Gasteiger partial charge in [-0.3, -0.25) is 4.79 Å². The lowest BCUT2D eigenvalue weighted by molar-refractivity contribution is -0.201. The molecule has 108 valence electrons. The number of carbonyl (C=O) groups is 1. The summed E-state index contributed by atoms with van der Waals surface area (Å²) < 4.78 is 5.43. The zero-order valence-corrected chi connectivity index (χ0v) is 11.4. The number of hydrogen-bond acceptors (Lipinski definition) is 4. The van der Waals surface area contributed by atoms with Gasteiger partial charge in [0, 0.05) is 19.6 Å². The molecule has 0 spiro atoms. The van der Waals surface area contributed by atoms with Crippen molar-refractivity contribution < 1.29 is 14.4 Å². The molecule has 20 heavy (non-hydrogen) atoms. The maximum Gasteiger partial charge on any atom is 0.265 e. The van der Waals surface area contributed by atoms with E-state index in [4.69, 9.17) is 9.57 Å². The number of rotatable bonds is 3. The first kappa shape index (κ1) is 13.5. The summed E-state index contributed by atoms with van der Waals surface area (Å²) in [4.78, 5) is 17.6. The summed E-state index contributed by atoms with van der Waals surface area (Å²) in [6.45, 7) is 1.50. The Balaban J connectivity index is 1.60. The molecule has 1 aromatic carbocycles. The zero-order chi connectivity index (χ0) is 13.8. The molecule has 2 N–H and O–H groups in total. The third-order valence-corrected chi connectivity index (χ3v) is 3.80. The Morgan fingerprint density at radius 1 is 1.35 bits per heavy atom. The molecule has 5 nitrogen and oxygen atoms in total. The van der Waals surface area contributed by atoms with Crippen molar-refractivity contribution in [3.63, 3.8) is 0 Å². The van der Waals surface area contributed by atoms with Crippen molar-refractivity contribution in [3.05, 3.63) is 35.4 Å². The molecule has 2 atom stereocenters. The van der Waals surface area contributed by atoms with Gasteiger partial charge in [0.25, 0.3) is 5.91 Å². The number of ether oxygens (including phenoxy) is 1. The molecule has 3 rings (SSSR count). The van der Waals surface area contributed by atoms with Crippen molar-refractivity contribution in [3.8, 4) is 0 Å². The molecule has 0 bridgehead atoms. The lowest BCUT2D eigenvalue weighted by Gasteiger charge is -2.27. The average molecular weight is 276 g/mol. The Bertz CT molecular complexity index is 472. The maximum absolute atomic E-state index is 12.2. The van der Waals surface area contributed by atoms with E-state index in [1.54, 1.807) is 0 Å². The summed E-state index contributed by atoms with van der Waals surface area (Å²) >= 11 is 0. The predicted octanol–water partition coefficient (Wildman–Crippen LogP) is 1.45. The van der Waals surface area contributed by atoms with Crippen LogP contribution in [0.25, 0.3) is 0 Å². The summed E-state index contributed by atoms with van der Waals surface area (Å²) in [5, 5.41) is 3.23. The van der Waals surface area contributed by atoms with Crippen LogP contribution in [0.3, 0.4) is 0 Å². The number of nitrogens with one attached hydrogen (secondary N) is 2. The van der Waals surface area contributed by atoms with Crippen molar-refractivity contribution in [2.24, 2.45) is 0 Å². The van der Waals surface area contributed by atoms with E-state index in [1.165, 1.54) is 5.56 Å². The summed E-state index contributed by atoms with van der Waals surface area (Å²) in [5.74, 6) is -0.161. The van der Waals surface area contributed by atoms with E-state index in [0.717, 1.165) is 37.8 Å². The molecule has 0 radical (unpaired) electrons. The van der Waals surface area contributed by atoms with Crippen molar-refractivity contribution in [2.75, 3.05) is 13.2 Å². The largest absolute Gasteiger partial charge is 0.350 e. The van der Waals surface area contributed by atoms with E-state index in [0.29, 0.717) is 6.61 Å². The predicted molar refractivity (Wildman–Crippen MR) is 73.7 cm³/mol. The Morgan fingerprint density at radius 2 is 2.25 bits per heavy atom. The van der Waals surface area contributed by atoms with Crippen LogP contribution in [0.15, 0.2) is 24.3 Å². The molecule has 0 saturated carbocycles. The van der Waals surface area contributed by atoms with Gasteiger partial charge in [-0.1, -0.05) is 24.3 Å². The molecule has 2 aliphatic rings. The number of carbonyl (C=O) groups excluding carboxylic acids is 1. The third kappa shape index (κ3) is 3.00. The monoisotopic (exact) mass is 276 g/mol. The van der Waals surface area contributed by atoms with E-state index in [2.05, 4.69) is 16.9 Å². The smallest absolute Gasteiger partial charge is 0.265 e. The molecule has 5 heteroatoms. The lowest BCUT2D eigenvalue weighted by atomic mass is 9.94. The first-order valence-corrected chi connectivity index (χ1v) is 7.23. The second-order valence-electron chi connectivity index (χ2n) is 5.22. The second-order valence-corrected chi connectivity index (χ2v) is 5.22. The minimum atomic E-state index is -0.344. The van der Waals surface area contributed by atoms with Gasteiger partial charge in [-0.25, -0.2) is 10.3 Å². The van der Waals surface area contributed by atoms with Gasteiger partial charge < -0.3 is 10.1 Å². The number of fused-ring (bicyclic) bond motifs is 1. The first-order valence-electron chi connectivity index (χ1n) is 7.23. The molecule has 1 saturated heterocycles. The van der Waals surface area contributed by atoms with Gasteiger partial charge >= 0.3 is 0 Å². The van der Waals surface area contributed by atoms with Crippen LogP contribution in [0.5, 0.6) is 0 Å². The van der Waals surface area contributed by atoms with Gasteiger partial charge in [-0.15, -0.1) is 0 Å². The molecular formula is C15H20N2O3. The molecule has 2 unspecified atom stereocenters. The summed E-state index contributed by atoms with van der Waals surface area (Å²) in [6.07, 6.45) is 3.60. The molecule has 1 aromatic rings. The fourth-order valence-corrected chi connectivity index (χ4v) is 2.73. The maximum atomic E-state index is 12.2. The number of hydroxylamine groups is 1. The van der Waals surface area contributed by atoms with Crippen LogP contribution >= 0.6 is 0 Å². The highest BCUT2D eigenvalue weighted by atomic mass is 16.8. The van der Waals surface area contributed by atoms with E-state index in [9.17, 15) is 4.79 Å². The quantitative estimate of drug-likeness (QED) is 0.820. The third-order valence-electron chi connectivity index (χ3n) is 3.80. The minimum absolute atomic E-state index is 0.161. The standard InChI is InChI=1S/C15H20N2O3/c18-15(17-20-13-7-3-4-10-19-13)14-12-6-2-1-5-11(12)8-9-16-14/h1-2,5-6,13-14,16H,3-4,7-10H2,(H,17,18). The number of hydrogen-bond donors (Lipinski definition) is 2. The van der Waals surface area contributed by atoms with Crippen LogP contribution < -0.4 is 10.8 Å². The summed E-state index contributed by atoms with van der Waals surface area (Å²) in [5.41, 5.74) is 4.79. The normalized spacial score (nSPS) is 25.8. The van der Waals surface area contributed by atoms with Crippen molar-refractivity contribution >= 4 is 5.91 Å². The van der Waals surface area contributed by atoms with Gasteiger partial charge in [0.05, 0.1) is 0 Å². The Kier molecular flexibility index (Phi) is 4.30. The van der Waals surface area contributed by atoms with Crippen LogP contribution in [-0.2, 0) is 20.8 Å². The topological polar surface area (TPSA) is 59.6 Å². The zero-order valence-electron chi connectivity index (χ0n) is 11.4. The second kappa shape index (κ2) is 6.35. The van der Waals surface area contributed by atoms with Gasteiger partial charge in [-0.2, -0.15) is 0 Å². The van der Waals surface area contributed by atoms with Crippen LogP contribution in [0.1, 0.15) is 36.4 Å². The molecular weight excluding hydrogens is 256 g/mol. The fraction of sp³-hybridized carbons (Fsp3) is 0.533. The Hall–Kier alpha value is -1.43. The molecule has 0 aliphatic carbocycles. The Labute approximate surface area is 118 Å². The van der Waals surface area contributed by atoms with E-state index < -0.39 is 0 Å². The number of benzene rings is 1. The van der Waals surface area contributed by atoms with Gasteiger partial charge in [-0.05, 0) is 30.4 Å². The van der Waals surface area contributed by atoms with Crippen LogP contribution in [-0.4, -0.2) is 25.3 Å². The molecule has 1 amide bonds. The van der Waals surface area contributed by atoms with E-state index in [1.807, 2.05) is 18.2 Å². The SMILES string of the molecule is O=C(NOC1CCCCO1)C1NCCc2ccccc21. The van der Waals surface area contributed by atoms with Crippen LogP contribution in [0, 0.1) is 0 Å². The van der Waals surface area contributed by atoms with Crippen molar-refractivity contribution in [2.45, 2.75) is 38.0 Å². The fourth-order valence-electron chi connectivity index (χ4n) is 2.73. The van der Waals surface area contributed by atoms with Gasteiger partial charge in [0.1, 0.15) is 6.04 Å². The van der Waals surface area contributed by atoms with Crippen LogP contribution in [0.2, 0.25) is 0 Å². The van der Waals surface area contributed by atoms with Crippen LogP contribution in [0.4, 0.5) is 0 Å². The van der Waals surface area contributed by atoms with Crippen molar-refractivity contribution in [1.82, 2.24) is 10.8 Å². The molecule has 2 aliphatic heterocycles. The first-order chi connectivity index (χ1) is 9.84. The lowest BCUT2D eigenvalue weighted by Crippen LogP contribution is -2.43. The summed E-state index contributed by atoms with van der Waals surface area (Å²) in [6, 6.07) is 7.68. The Morgan fingerprint density at radius 3 is 3.10 bits per heavy atom. The number of amides is 1. The van der Waals surface area contributed by atoms with Gasteiger partial charge in [0.15, 0.2) is 6.29 Å². The van der Waals surface area contributed by atoms with E-state index >= 15 is 0 Å². The molecule has 2 heterocycles. The highest BCUT2D eigenvalue weighted by molar-refractivity contribution is 5.83. The van der Waals surface area contributed by atoms with E-state index in [-0.39, 0.29) is 18.2 Å². The highest BCUT2D eigenvalue weighted by Gasteiger charge is 2.26.